The summed E-state index contributed by atoms with van der Waals surface area (Å²) in [4.78, 5) is 30.8. The third-order valence-electron chi connectivity index (χ3n) is 5.45. The molecule has 1 N–H and O–H groups in total. The van der Waals surface area contributed by atoms with E-state index in [2.05, 4.69) is 10.3 Å². The minimum Gasteiger partial charge on any atom is -0.486 e. The Balaban J connectivity index is 1.27. The van der Waals surface area contributed by atoms with Crippen LogP contribution in [0.15, 0.2) is 53.9 Å². The standard InChI is InChI=1S/C25H27N3O3S/c1-18-8-10-22(11-9-18)31-16-24-27-21(17-32-24)13-23(29)26-14-19-5-2-3-6-20(19)15-28-12-4-7-25(28)30/h2-3,5-6,8-11,17H,4,7,12-16H2,1H3,(H,26,29). The average molecular weight is 450 g/mol. The quantitative estimate of drug-likeness (QED) is 0.536. The molecule has 0 bridgehead atoms. The maximum atomic E-state index is 12.5. The number of aryl methyl sites for hydroxylation is 1. The first-order valence-corrected chi connectivity index (χ1v) is 11.7. The molecule has 1 fully saturated rings. The van der Waals surface area contributed by atoms with Crippen molar-refractivity contribution < 1.29 is 14.3 Å². The fourth-order valence-electron chi connectivity index (χ4n) is 3.66. The van der Waals surface area contributed by atoms with E-state index in [-0.39, 0.29) is 18.2 Å². The van der Waals surface area contributed by atoms with Crippen molar-refractivity contribution >= 4 is 23.2 Å². The molecule has 3 aromatic rings. The van der Waals surface area contributed by atoms with Gasteiger partial charge in [-0.1, -0.05) is 42.0 Å². The molecule has 4 rings (SSSR count). The number of carbonyl (C=O) groups is 2. The Bertz CT molecular complexity index is 1080. The van der Waals surface area contributed by atoms with Crippen molar-refractivity contribution in [3.8, 4) is 5.75 Å². The smallest absolute Gasteiger partial charge is 0.226 e. The van der Waals surface area contributed by atoms with Crippen LogP contribution in [0.1, 0.15) is 40.2 Å². The van der Waals surface area contributed by atoms with Gasteiger partial charge in [0.2, 0.25) is 11.8 Å². The maximum Gasteiger partial charge on any atom is 0.226 e. The topological polar surface area (TPSA) is 71.5 Å². The molecule has 2 aromatic carbocycles. The molecule has 0 saturated carbocycles. The van der Waals surface area contributed by atoms with Crippen molar-refractivity contribution in [3.63, 3.8) is 0 Å². The summed E-state index contributed by atoms with van der Waals surface area (Å²) in [6.07, 6.45) is 1.78. The Labute approximate surface area is 192 Å². The minimum absolute atomic E-state index is 0.0756. The van der Waals surface area contributed by atoms with E-state index in [4.69, 9.17) is 4.74 Å². The zero-order valence-corrected chi connectivity index (χ0v) is 19.0. The van der Waals surface area contributed by atoms with Crippen LogP contribution in [0.3, 0.4) is 0 Å². The molecule has 0 spiro atoms. The number of hydrogen-bond acceptors (Lipinski definition) is 5. The monoisotopic (exact) mass is 449 g/mol. The van der Waals surface area contributed by atoms with Crippen molar-refractivity contribution in [1.82, 2.24) is 15.2 Å². The molecule has 166 valence electrons. The van der Waals surface area contributed by atoms with Crippen molar-refractivity contribution in [3.05, 3.63) is 81.3 Å². The van der Waals surface area contributed by atoms with Gasteiger partial charge in [-0.2, -0.15) is 0 Å². The van der Waals surface area contributed by atoms with Gasteiger partial charge < -0.3 is 15.0 Å². The van der Waals surface area contributed by atoms with Gasteiger partial charge in [0.05, 0.1) is 12.1 Å². The summed E-state index contributed by atoms with van der Waals surface area (Å²) in [6, 6.07) is 15.8. The molecule has 1 aliphatic heterocycles. The summed E-state index contributed by atoms with van der Waals surface area (Å²) in [6.45, 7) is 4.26. The van der Waals surface area contributed by atoms with Crippen LogP contribution < -0.4 is 10.1 Å². The molecule has 7 heteroatoms. The second-order valence-electron chi connectivity index (χ2n) is 7.98. The number of carbonyl (C=O) groups excluding carboxylic acids is 2. The Kier molecular flexibility index (Phi) is 7.17. The van der Waals surface area contributed by atoms with E-state index in [0.29, 0.717) is 26.1 Å². The van der Waals surface area contributed by atoms with Gasteiger partial charge in [0.15, 0.2) is 0 Å². The predicted octanol–water partition coefficient (Wildman–Crippen LogP) is 4.01. The molecular formula is C25H27N3O3S. The maximum absolute atomic E-state index is 12.5. The lowest BCUT2D eigenvalue weighted by Gasteiger charge is -2.18. The van der Waals surface area contributed by atoms with Gasteiger partial charge in [-0.25, -0.2) is 4.98 Å². The molecule has 6 nitrogen and oxygen atoms in total. The number of rotatable bonds is 9. The fourth-order valence-corrected chi connectivity index (χ4v) is 4.36. The van der Waals surface area contributed by atoms with Crippen molar-refractivity contribution in [2.24, 2.45) is 0 Å². The van der Waals surface area contributed by atoms with Crippen LogP contribution in [0.25, 0.3) is 0 Å². The Morgan fingerprint density at radius 1 is 1.16 bits per heavy atom. The largest absolute Gasteiger partial charge is 0.486 e. The van der Waals surface area contributed by atoms with Crippen LogP contribution in [0.4, 0.5) is 0 Å². The molecule has 0 atom stereocenters. The summed E-state index contributed by atoms with van der Waals surface area (Å²) >= 11 is 1.50. The zero-order valence-electron chi connectivity index (χ0n) is 18.2. The molecular weight excluding hydrogens is 422 g/mol. The Morgan fingerprint density at radius 2 is 1.94 bits per heavy atom. The molecule has 1 aromatic heterocycles. The van der Waals surface area contributed by atoms with Gasteiger partial charge in [-0.05, 0) is 36.6 Å². The summed E-state index contributed by atoms with van der Waals surface area (Å²) in [5.74, 6) is 0.933. The van der Waals surface area contributed by atoms with Gasteiger partial charge in [0.1, 0.15) is 17.4 Å². The normalized spacial score (nSPS) is 13.4. The molecule has 0 radical (unpaired) electrons. The van der Waals surface area contributed by atoms with Crippen LogP contribution >= 0.6 is 11.3 Å². The SMILES string of the molecule is Cc1ccc(OCc2nc(CC(=O)NCc3ccccc3CN3CCCC3=O)cs2)cc1. The molecule has 32 heavy (non-hydrogen) atoms. The van der Waals surface area contributed by atoms with Gasteiger partial charge in [-0.3, -0.25) is 9.59 Å². The molecule has 2 heterocycles. The number of nitrogens with zero attached hydrogens (tertiary/aromatic N) is 2. The lowest BCUT2D eigenvalue weighted by Crippen LogP contribution is -2.27. The van der Waals surface area contributed by atoms with Crippen molar-refractivity contribution in [2.75, 3.05) is 6.54 Å². The summed E-state index contributed by atoms with van der Waals surface area (Å²) in [7, 11) is 0. The third-order valence-corrected chi connectivity index (χ3v) is 6.32. The fraction of sp³-hybridized carbons (Fsp3) is 0.320. The highest BCUT2D eigenvalue weighted by molar-refractivity contribution is 7.09. The first kappa shape index (κ1) is 22.0. The molecule has 1 aliphatic rings. The van der Waals surface area contributed by atoms with Crippen LogP contribution in [0, 0.1) is 6.92 Å². The van der Waals surface area contributed by atoms with Crippen LogP contribution in [-0.2, 0) is 35.7 Å². The number of amides is 2. The van der Waals surface area contributed by atoms with E-state index in [1.54, 1.807) is 0 Å². The molecule has 1 saturated heterocycles. The Hall–Kier alpha value is -3.19. The van der Waals surface area contributed by atoms with E-state index < -0.39 is 0 Å². The highest BCUT2D eigenvalue weighted by Gasteiger charge is 2.21. The van der Waals surface area contributed by atoms with Gasteiger partial charge in [-0.15, -0.1) is 11.3 Å². The number of ether oxygens (including phenoxy) is 1. The highest BCUT2D eigenvalue weighted by Crippen LogP contribution is 2.18. The average Bonchev–Trinajstić information content (AvgIpc) is 3.41. The number of likely N-dealkylation sites (tertiary alicyclic amines) is 1. The summed E-state index contributed by atoms with van der Waals surface area (Å²) in [5, 5.41) is 5.73. The van der Waals surface area contributed by atoms with E-state index in [1.807, 2.05) is 65.7 Å². The summed E-state index contributed by atoms with van der Waals surface area (Å²) in [5.41, 5.74) is 4.04. The van der Waals surface area contributed by atoms with Gasteiger partial charge in [0.25, 0.3) is 0 Å². The van der Waals surface area contributed by atoms with Crippen LogP contribution in [0.5, 0.6) is 5.75 Å². The lowest BCUT2D eigenvalue weighted by atomic mass is 10.1. The second kappa shape index (κ2) is 10.4. The first-order chi connectivity index (χ1) is 15.6. The summed E-state index contributed by atoms with van der Waals surface area (Å²) < 4.78 is 5.77. The van der Waals surface area contributed by atoms with Crippen molar-refractivity contribution in [1.29, 1.82) is 0 Å². The molecule has 0 unspecified atom stereocenters. The van der Waals surface area contributed by atoms with E-state index >= 15 is 0 Å². The zero-order chi connectivity index (χ0) is 22.3. The van der Waals surface area contributed by atoms with Gasteiger partial charge >= 0.3 is 0 Å². The second-order valence-corrected chi connectivity index (χ2v) is 8.92. The van der Waals surface area contributed by atoms with Crippen LogP contribution in [-0.4, -0.2) is 28.2 Å². The molecule has 2 amide bonds. The number of thiazole rings is 1. The van der Waals surface area contributed by atoms with E-state index in [0.717, 1.165) is 40.5 Å². The highest BCUT2D eigenvalue weighted by atomic mass is 32.1. The van der Waals surface area contributed by atoms with Crippen LogP contribution in [0.2, 0.25) is 0 Å². The number of hydrogen-bond donors (Lipinski definition) is 1. The molecule has 0 aliphatic carbocycles. The van der Waals surface area contributed by atoms with E-state index in [1.165, 1.54) is 16.9 Å². The third kappa shape index (κ3) is 5.95. The number of benzene rings is 2. The Morgan fingerprint density at radius 3 is 2.69 bits per heavy atom. The predicted molar refractivity (Wildman–Crippen MR) is 124 cm³/mol. The number of nitrogens with one attached hydrogen (secondary N) is 1. The van der Waals surface area contributed by atoms with Gasteiger partial charge in [0, 0.05) is 31.4 Å². The lowest BCUT2D eigenvalue weighted by molar-refractivity contribution is -0.128. The number of aromatic nitrogens is 1. The van der Waals surface area contributed by atoms with Crippen molar-refractivity contribution in [2.45, 2.75) is 45.9 Å². The first-order valence-electron chi connectivity index (χ1n) is 10.8. The minimum atomic E-state index is -0.0756. The van der Waals surface area contributed by atoms with E-state index in [9.17, 15) is 9.59 Å².